The lowest BCUT2D eigenvalue weighted by Gasteiger charge is -2.22. The number of carbonyl (C=O) groups excluding carboxylic acids is 2. The Morgan fingerprint density at radius 2 is 1.76 bits per heavy atom. The van der Waals surface area contributed by atoms with E-state index in [0.717, 1.165) is 47.0 Å². The molecule has 2 aliphatic rings. The number of hydrogen-bond donors (Lipinski definition) is 3. The first kappa shape index (κ1) is 25.7. The molecule has 1 atom stereocenters. The van der Waals surface area contributed by atoms with Crippen LogP contribution in [-0.2, 0) is 14.8 Å². The van der Waals surface area contributed by atoms with Gasteiger partial charge in [0.1, 0.15) is 11.9 Å². The lowest BCUT2D eigenvalue weighted by atomic mass is 9.98. The Kier molecular flexibility index (Phi) is 6.83. The van der Waals surface area contributed by atoms with Gasteiger partial charge in [0, 0.05) is 17.8 Å². The molecule has 1 saturated heterocycles. The van der Waals surface area contributed by atoms with E-state index >= 15 is 0 Å². The number of urea groups is 1. The van der Waals surface area contributed by atoms with Crippen LogP contribution in [0, 0.1) is 12.7 Å². The van der Waals surface area contributed by atoms with Crippen molar-refractivity contribution in [1.82, 2.24) is 5.32 Å². The average Bonchev–Trinajstić information content (AvgIpc) is 3.64. The van der Waals surface area contributed by atoms with Crippen molar-refractivity contribution >= 4 is 39.0 Å². The molecule has 1 aliphatic carbocycles. The van der Waals surface area contributed by atoms with Crippen LogP contribution in [0.5, 0.6) is 0 Å². The van der Waals surface area contributed by atoms with Crippen LogP contribution in [0.4, 0.5) is 26.2 Å². The maximum absolute atomic E-state index is 14.1. The molecule has 1 heterocycles. The summed E-state index contributed by atoms with van der Waals surface area (Å²) in [6.45, 7) is 2.19. The molecule has 2 fully saturated rings. The maximum Gasteiger partial charge on any atom is 0.319 e. The molecule has 3 aromatic carbocycles. The van der Waals surface area contributed by atoms with Gasteiger partial charge in [-0.1, -0.05) is 30.3 Å². The fourth-order valence-corrected chi connectivity index (χ4v) is 5.38. The predicted molar refractivity (Wildman–Crippen MR) is 146 cm³/mol. The molecule has 0 radical (unpaired) electrons. The van der Waals surface area contributed by atoms with Crippen LogP contribution in [-0.4, -0.2) is 39.2 Å². The van der Waals surface area contributed by atoms with Gasteiger partial charge < -0.3 is 15.5 Å². The normalized spacial score (nSPS) is 17.4. The zero-order chi connectivity index (χ0) is 27.0. The summed E-state index contributed by atoms with van der Waals surface area (Å²) in [5.74, 6) is -0.451. The van der Waals surface area contributed by atoms with Gasteiger partial charge >= 0.3 is 6.03 Å². The van der Waals surface area contributed by atoms with Gasteiger partial charge in [0.05, 0.1) is 17.6 Å². The van der Waals surface area contributed by atoms with Gasteiger partial charge in [-0.25, -0.2) is 17.6 Å². The molecule has 3 amide bonds. The van der Waals surface area contributed by atoms with Crippen LogP contribution < -0.4 is 20.3 Å². The summed E-state index contributed by atoms with van der Waals surface area (Å²) in [5, 5.41) is 5.16. The van der Waals surface area contributed by atoms with Gasteiger partial charge in [0.2, 0.25) is 15.9 Å². The summed E-state index contributed by atoms with van der Waals surface area (Å²) in [4.78, 5) is 27.5. The smallest absolute Gasteiger partial charge is 0.319 e. The highest BCUT2D eigenvalue weighted by Crippen LogP contribution is 2.47. The fourth-order valence-electron chi connectivity index (χ4n) is 4.80. The van der Waals surface area contributed by atoms with E-state index in [4.69, 9.17) is 0 Å². The van der Waals surface area contributed by atoms with Crippen molar-refractivity contribution in [3.05, 3.63) is 77.6 Å². The fraction of sp³-hybridized carbons (Fsp3) is 0.286. The second-order valence-electron chi connectivity index (χ2n) is 9.88. The first-order valence-electron chi connectivity index (χ1n) is 12.5. The Hall–Kier alpha value is -3.92. The second-order valence-corrected chi connectivity index (χ2v) is 11.6. The number of amides is 3. The Morgan fingerprint density at radius 1 is 1.00 bits per heavy atom. The standard InChI is InChI=1S/C28H29FN4O4S/c1-17-7-11-24(22(29)15-17)30-28(35)31-25-13-14-33(27(25)34)26-12-10-19(16-21(26)18-8-9-18)20-5-3-4-6-23(20)32-38(2,36)37/h3-7,10-12,15-16,18,25,32H,8-9,13-14H2,1-2H3,(H2,30,31,35)/t25-/m1/s1. The van der Waals surface area contributed by atoms with E-state index in [-0.39, 0.29) is 11.6 Å². The summed E-state index contributed by atoms with van der Waals surface area (Å²) in [7, 11) is -3.45. The summed E-state index contributed by atoms with van der Waals surface area (Å²) in [5.41, 5.74) is 4.69. The van der Waals surface area contributed by atoms with Gasteiger partial charge in [-0.3, -0.25) is 9.52 Å². The van der Waals surface area contributed by atoms with Gasteiger partial charge in [0.25, 0.3) is 0 Å². The van der Waals surface area contributed by atoms with Crippen molar-refractivity contribution in [2.24, 2.45) is 0 Å². The number of sulfonamides is 1. The lowest BCUT2D eigenvalue weighted by molar-refractivity contribution is -0.118. The van der Waals surface area contributed by atoms with Crippen molar-refractivity contribution in [1.29, 1.82) is 0 Å². The second kappa shape index (κ2) is 10.1. The molecule has 5 rings (SSSR count). The van der Waals surface area contributed by atoms with Crippen LogP contribution in [0.25, 0.3) is 11.1 Å². The summed E-state index contributed by atoms with van der Waals surface area (Å²) in [6, 6.07) is 16.1. The SMILES string of the molecule is Cc1ccc(NC(=O)N[C@@H]2CCN(c3ccc(-c4ccccc4NS(C)(=O)=O)cc3C3CC3)C2=O)c(F)c1. The first-order valence-corrected chi connectivity index (χ1v) is 14.3. The Labute approximate surface area is 221 Å². The van der Waals surface area contributed by atoms with Crippen molar-refractivity contribution < 1.29 is 22.4 Å². The van der Waals surface area contributed by atoms with Crippen molar-refractivity contribution in [3.8, 4) is 11.1 Å². The monoisotopic (exact) mass is 536 g/mol. The Morgan fingerprint density at radius 3 is 2.47 bits per heavy atom. The Balaban J connectivity index is 1.35. The van der Waals surface area contributed by atoms with E-state index in [2.05, 4.69) is 15.4 Å². The van der Waals surface area contributed by atoms with E-state index < -0.39 is 27.9 Å². The molecule has 3 N–H and O–H groups in total. The van der Waals surface area contributed by atoms with Crippen LogP contribution in [0.3, 0.4) is 0 Å². The first-order chi connectivity index (χ1) is 18.1. The van der Waals surface area contributed by atoms with Crippen molar-refractivity contribution in [3.63, 3.8) is 0 Å². The highest BCUT2D eigenvalue weighted by Gasteiger charge is 2.37. The molecular weight excluding hydrogens is 507 g/mol. The third-order valence-electron chi connectivity index (χ3n) is 6.75. The molecule has 1 saturated carbocycles. The van der Waals surface area contributed by atoms with Crippen LogP contribution in [0.1, 0.15) is 36.3 Å². The average molecular weight is 537 g/mol. The highest BCUT2D eigenvalue weighted by molar-refractivity contribution is 7.92. The topological polar surface area (TPSA) is 108 Å². The van der Waals surface area contributed by atoms with Gasteiger partial charge in [-0.05, 0) is 79.1 Å². The van der Waals surface area contributed by atoms with Crippen LogP contribution in [0.2, 0.25) is 0 Å². The van der Waals surface area contributed by atoms with Crippen molar-refractivity contribution in [2.45, 2.75) is 38.1 Å². The third kappa shape index (κ3) is 5.65. The van der Waals surface area contributed by atoms with E-state index in [0.29, 0.717) is 24.6 Å². The zero-order valence-corrected chi connectivity index (χ0v) is 21.9. The highest BCUT2D eigenvalue weighted by atomic mass is 32.2. The number of hydrogen-bond acceptors (Lipinski definition) is 4. The number of carbonyl (C=O) groups is 2. The molecule has 3 aromatic rings. The summed E-state index contributed by atoms with van der Waals surface area (Å²) < 4.78 is 40.4. The molecule has 198 valence electrons. The molecule has 8 nitrogen and oxygen atoms in total. The number of rotatable bonds is 7. The van der Waals surface area contributed by atoms with E-state index in [1.807, 2.05) is 30.3 Å². The quantitative estimate of drug-likeness (QED) is 0.396. The largest absolute Gasteiger partial charge is 0.326 e. The number of benzene rings is 3. The van der Waals surface area contributed by atoms with Gasteiger partial charge in [-0.15, -0.1) is 0 Å². The minimum atomic E-state index is -3.45. The predicted octanol–water partition coefficient (Wildman–Crippen LogP) is 4.98. The lowest BCUT2D eigenvalue weighted by Crippen LogP contribution is -2.43. The number of para-hydroxylation sites is 1. The number of aryl methyl sites for hydroxylation is 1. The van der Waals surface area contributed by atoms with Gasteiger partial charge in [-0.2, -0.15) is 0 Å². The molecular formula is C28H29FN4O4S. The molecule has 38 heavy (non-hydrogen) atoms. The Bertz CT molecular complexity index is 1520. The molecule has 0 unspecified atom stereocenters. The number of anilines is 3. The zero-order valence-electron chi connectivity index (χ0n) is 21.1. The van der Waals surface area contributed by atoms with E-state index in [9.17, 15) is 22.4 Å². The molecule has 0 aromatic heterocycles. The van der Waals surface area contributed by atoms with E-state index in [1.165, 1.54) is 12.1 Å². The minimum absolute atomic E-state index is 0.0488. The molecule has 1 aliphatic heterocycles. The minimum Gasteiger partial charge on any atom is -0.326 e. The molecule has 0 bridgehead atoms. The van der Waals surface area contributed by atoms with E-state index in [1.54, 1.807) is 30.0 Å². The van der Waals surface area contributed by atoms with Gasteiger partial charge in [0.15, 0.2) is 0 Å². The number of nitrogens with one attached hydrogen (secondary N) is 3. The third-order valence-corrected chi connectivity index (χ3v) is 7.34. The van der Waals surface area contributed by atoms with Crippen molar-refractivity contribution in [2.75, 3.05) is 27.7 Å². The van der Waals surface area contributed by atoms with Crippen LogP contribution >= 0.6 is 0 Å². The molecule has 10 heteroatoms. The maximum atomic E-state index is 14.1. The number of halogens is 1. The molecule has 0 spiro atoms. The van der Waals surface area contributed by atoms with Crippen LogP contribution in [0.15, 0.2) is 60.7 Å². The number of nitrogens with zero attached hydrogens (tertiary/aromatic N) is 1. The summed E-state index contributed by atoms with van der Waals surface area (Å²) in [6.07, 6.45) is 3.56. The summed E-state index contributed by atoms with van der Waals surface area (Å²) >= 11 is 0.